The fourth-order valence-electron chi connectivity index (χ4n) is 2.84. The summed E-state index contributed by atoms with van der Waals surface area (Å²) in [4.78, 5) is 12.0. The molecule has 1 unspecified atom stereocenters. The number of pyridine rings is 1. The maximum atomic E-state index is 12.0. The molecule has 3 nitrogen and oxygen atoms in total. The van der Waals surface area contributed by atoms with E-state index in [0.29, 0.717) is 0 Å². The molecule has 2 N–H and O–H groups in total. The molecule has 1 aliphatic carbocycles. The molecule has 0 saturated carbocycles. The van der Waals surface area contributed by atoms with Gasteiger partial charge in [-0.2, -0.15) is 0 Å². The van der Waals surface area contributed by atoms with Crippen molar-refractivity contribution in [2.45, 2.75) is 64.5 Å². The molecule has 0 aromatic carbocycles. The highest BCUT2D eigenvalue weighted by atomic mass is 16.1. The van der Waals surface area contributed by atoms with E-state index in [1.807, 2.05) is 10.6 Å². The third-order valence-corrected chi connectivity index (χ3v) is 3.89. The number of unbranched alkanes of at least 4 members (excludes halogenated alkanes) is 3. The number of fused-ring (bicyclic) bond motifs is 1. The first-order valence-corrected chi connectivity index (χ1v) is 7.22. The van der Waals surface area contributed by atoms with Gasteiger partial charge < -0.3 is 10.3 Å². The van der Waals surface area contributed by atoms with E-state index in [2.05, 4.69) is 6.92 Å². The summed E-state index contributed by atoms with van der Waals surface area (Å²) in [5.41, 5.74) is 8.65. The Kier molecular flexibility index (Phi) is 4.59. The van der Waals surface area contributed by atoms with Gasteiger partial charge in [0.25, 0.3) is 5.56 Å². The molecular formula is C15H24N2O. The number of nitrogens with two attached hydrogens (primary N) is 1. The summed E-state index contributed by atoms with van der Waals surface area (Å²) in [6.07, 6.45) is 7.94. The molecule has 100 valence electrons. The smallest absolute Gasteiger partial charge is 0.250 e. The summed E-state index contributed by atoms with van der Waals surface area (Å²) < 4.78 is 1.96. The Morgan fingerprint density at radius 2 is 2.17 bits per heavy atom. The lowest BCUT2D eigenvalue weighted by atomic mass is 9.91. The van der Waals surface area contributed by atoms with E-state index in [1.54, 1.807) is 6.07 Å². The topological polar surface area (TPSA) is 48.0 Å². The SMILES string of the molecule is CCCCCCn1c2c(ccc1=O)C(N)CCC2. The zero-order valence-electron chi connectivity index (χ0n) is 11.3. The number of hydrogen-bond donors (Lipinski definition) is 1. The van der Waals surface area contributed by atoms with Crippen molar-refractivity contribution in [1.29, 1.82) is 0 Å². The standard InChI is InChI=1S/C15H24N2O/c1-2-3-4-5-11-17-14-8-6-7-13(16)12(14)9-10-15(17)18/h9-10,13H,2-8,11,16H2,1H3. The lowest BCUT2D eigenvalue weighted by Gasteiger charge is -2.25. The number of nitrogens with zero attached hydrogens (tertiary/aromatic N) is 1. The first-order valence-electron chi connectivity index (χ1n) is 7.22. The van der Waals surface area contributed by atoms with Gasteiger partial charge in [-0.05, 0) is 31.2 Å². The average molecular weight is 248 g/mol. The second kappa shape index (κ2) is 6.19. The van der Waals surface area contributed by atoms with Gasteiger partial charge in [-0.3, -0.25) is 4.79 Å². The third kappa shape index (κ3) is 2.83. The van der Waals surface area contributed by atoms with E-state index in [0.717, 1.165) is 32.2 Å². The van der Waals surface area contributed by atoms with Gasteiger partial charge in [0.05, 0.1) is 0 Å². The molecule has 0 fully saturated rings. The van der Waals surface area contributed by atoms with Gasteiger partial charge >= 0.3 is 0 Å². The Balaban J connectivity index is 2.18. The molecule has 0 saturated heterocycles. The van der Waals surface area contributed by atoms with E-state index in [1.165, 1.54) is 30.5 Å². The van der Waals surface area contributed by atoms with Crippen molar-refractivity contribution in [3.05, 3.63) is 33.7 Å². The summed E-state index contributed by atoms with van der Waals surface area (Å²) in [5, 5.41) is 0. The summed E-state index contributed by atoms with van der Waals surface area (Å²) in [6, 6.07) is 3.74. The molecule has 1 atom stereocenters. The molecule has 3 heteroatoms. The van der Waals surface area contributed by atoms with Crippen LogP contribution in [-0.4, -0.2) is 4.57 Å². The van der Waals surface area contributed by atoms with Crippen molar-refractivity contribution in [3.63, 3.8) is 0 Å². The fourth-order valence-corrected chi connectivity index (χ4v) is 2.84. The first kappa shape index (κ1) is 13.3. The maximum Gasteiger partial charge on any atom is 0.250 e. The van der Waals surface area contributed by atoms with Gasteiger partial charge in [-0.25, -0.2) is 0 Å². The minimum absolute atomic E-state index is 0.122. The van der Waals surface area contributed by atoms with E-state index >= 15 is 0 Å². The Hall–Kier alpha value is -1.09. The van der Waals surface area contributed by atoms with E-state index in [-0.39, 0.29) is 11.6 Å². The highest BCUT2D eigenvalue weighted by molar-refractivity contribution is 5.27. The first-order chi connectivity index (χ1) is 8.74. The van der Waals surface area contributed by atoms with Crippen LogP contribution in [0.4, 0.5) is 0 Å². The van der Waals surface area contributed by atoms with Crippen LogP contribution in [0.15, 0.2) is 16.9 Å². The second-order valence-corrected chi connectivity index (χ2v) is 5.28. The van der Waals surface area contributed by atoms with E-state index < -0.39 is 0 Å². The minimum Gasteiger partial charge on any atom is -0.324 e. The molecule has 0 bridgehead atoms. The molecule has 0 aliphatic heterocycles. The van der Waals surface area contributed by atoms with Crippen molar-refractivity contribution in [1.82, 2.24) is 4.57 Å². The molecule has 2 rings (SSSR count). The summed E-state index contributed by atoms with van der Waals surface area (Å²) in [7, 11) is 0. The molecule has 0 radical (unpaired) electrons. The van der Waals surface area contributed by atoms with Crippen LogP contribution in [-0.2, 0) is 13.0 Å². The minimum atomic E-state index is 0.122. The predicted octanol–water partition coefficient (Wildman–Crippen LogP) is 2.76. The highest BCUT2D eigenvalue weighted by Crippen LogP contribution is 2.26. The van der Waals surface area contributed by atoms with Crippen LogP contribution in [0, 0.1) is 0 Å². The predicted molar refractivity (Wildman–Crippen MR) is 74.7 cm³/mol. The Bertz CT molecular complexity index is 450. The zero-order chi connectivity index (χ0) is 13.0. The van der Waals surface area contributed by atoms with Crippen LogP contribution >= 0.6 is 0 Å². The maximum absolute atomic E-state index is 12.0. The summed E-state index contributed by atoms with van der Waals surface area (Å²) in [5.74, 6) is 0. The fraction of sp³-hybridized carbons (Fsp3) is 0.667. The second-order valence-electron chi connectivity index (χ2n) is 5.28. The van der Waals surface area contributed by atoms with Gasteiger partial charge in [-0.1, -0.05) is 32.3 Å². The van der Waals surface area contributed by atoms with Crippen molar-refractivity contribution < 1.29 is 0 Å². The van der Waals surface area contributed by atoms with Crippen LogP contribution in [0.2, 0.25) is 0 Å². The van der Waals surface area contributed by atoms with Gasteiger partial charge in [0.15, 0.2) is 0 Å². The van der Waals surface area contributed by atoms with Gasteiger partial charge in [0.2, 0.25) is 0 Å². The monoisotopic (exact) mass is 248 g/mol. The van der Waals surface area contributed by atoms with E-state index in [9.17, 15) is 4.79 Å². The van der Waals surface area contributed by atoms with Crippen LogP contribution < -0.4 is 11.3 Å². The van der Waals surface area contributed by atoms with Crippen molar-refractivity contribution >= 4 is 0 Å². The zero-order valence-corrected chi connectivity index (χ0v) is 11.3. The van der Waals surface area contributed by atoms with E-state index in [4.69, 9.17) is 5.73 Å². The van der Waals surface area contributed by atoms with Gasteiger partial charge in [0.1, 0.15) is 0 Å². The van der Waals surface area contributed by atoms with Gasteiger partial charge in [0, 0.05) is 24.3 Å². The highest BCUT2D eigenvalue weighted by Gasteiger charge is 2.19. The molecule has 1 aliphatic rings. The largest absolute Gasteiger partial charge is 0.324 e. The molecule has 1 aromatic heterocycles. The Morgan fingerprint density at radius 1 is 1.33 bits per heavy atom. The van der Waals surface area contributed by atoms with Crippen molar-refractivity contribution in [3.8, 4) is 0 Å². The summed E-state index contributed by atoms with van der Waals surface area (Å²) >= 11 is 0. The Labute approximate surface area is 109 Å². The van der Waals surface area contributed by atoms with Crippen LogP contribution in [0.1, 0.15) is 62.7 Å². The molecule has 18 heavy (non-hydrogen) atoms. The number of hydrogen-bond acceptors (Lipinski definition) is 2. The molecule has 0 spiro atoms. The van der Waals surface area contributed by atoms with Crippen molar-refractivity contribution in [2.24, 2.45) is 5.73 Å². The Morgan fingerprint density at radius 3 is 2.94 bits per heavy atom. The number of rotatable bonds is 5. The quantitative estimate of drug-likeness (QED) is 0.814. The summed E-state index contributed by atoms with van der Waals surface area (Å²) in [6.45, 7) is 3.06. The molecule has 0 amide bonds. The molecule has 1 aromatic rings. The molecule has 1 heterocycles. The lowest BCUT2D eigenvalue weighted by molar-refractivity contribution is 0.498. The van der Waals surface area contributed by atoms with Crippen LogP contribution in [0.25, 0.3) is 0 Å². The molecular weight excluding hydrogens is 224 g/mol. The lowest BCUT2D eigenvalue weighted by Crippen LogP contribution is -2.29. The number of aromatic nitrogens is 1. The van der Waals surface area contributed by atoms with Gasteiger partial charge in [-0.15, -0.1) is 0 Å². The van der Waals surface area contributed by atoms with Crippen LogP contribution in [0.5, 0.6) is 0 Å². The average Bonchev–Trinajstić information content (AvgIpc) is 2.37. The third-order valence-electron chi connectivity index (χ3n) is 3.89. The van der Waals surface area contributed by atoms with Crippen molar-refractivity contribution in [2.75, 3.05) is 0 Å². The van der Waals surface area contributed by atoms with Crippen LogP contribution in [0.3, 0.4) is 0 Å². The normalized spacial score (nSPS) is 18.7.